The largest absolute Gasteiger partial charge is 0.350 e. The summed E-state index contributed by atoms with van der Waals surface area (Å²) in [7, 11) is 0. The number of halogens is 1. The highest BCUT2D eigenvalue weighted by Crippen LogP contribution is 2.16. The van der Waals surface area contributed by atoms with E-state index in [-0.39, 0.29) is 11.9 Å². The van der Waals surface area contributed by atoms with Gasteiger partial charge in [0.1, 0.15) is 0 Å². The molecule has 1 aromatic carbocycles. The van der Waals surface area contributed by atoms with Crippen LogP contribution in [0.4, 0.5) is 0 Å². The van der Waals surface area contributed by atoms with Crippen molar-refractivity contribution < 1.29 is 4.79 Å². The van der Waals surface area contributed by atoms with Crippen molar-refractivity contribution in [3.05, 3.63) is 34.3 Å². The number of unbranched alkanes of at least 4 members (excludes halogenated alkanes) is 3. The SMILES string of the molecule is CC(NC(=O)CCCCCCN)c1ccc(Br)cc1. The summed E-state index contributed by atoms with van der Waals surface area (Å²) in [5, 5.41) is 3.03. The predicted molar refractivity (Wildman–Crippen MR) is 82.8 cm³/mol. The number of benzene rings is 1. The second-order valence-electron chi connectivity index (χ2n) is 4.79. The van der Waals surface area contributed by atoms with Crippen molar-refractivity contribution in [2.24, 2.45) is 5.73 Å². The molecular weight excluding hydrogens is 304 g/mol. The first-order chi connectivity index (χ1) is 9.13. The molecule has 0 spiro atoms. The zero-order valence-electron chi connectivity index (χ0n) is 11.5. The van der Waals surface area contributed by atoms with Gasteiger partial charge >= 0.3 is 0 Å². The van der Waals surface area contributed by atoms with Crippen molar-refractivity contribution in [2.75, 3.05) is 6.54 Å². The molecule has 0 aromatic heterocycles. The molecule has 3 nitrogen and oxygen atoms in total. The molecular formula is C15H23BrN2O. The van der Waals surface area contributed by atoms with Crippen LogP contribution in [-0.2, 0) is 4.79 Å². The Labute approximate surface area is 124 Å². The molecule has 106 valence electrons. The van der Waals surface area contributed by atoms with Gasteiger partial charge in [0.05, 0.1) is 6.04 Å². The summed E-state index contributed by atoms with van der Waals surface area (Å²) in [5.74, 6) is 0.128. The number of amides is 1. The molecule has 0 bridgehead atoms. The Balaban J connectivity index is 2.26. The van der Waals surface area contributed by atoms with Crippen molar-refractivity contribution in [1.82, 2.24) is 5.32 Å². The molecule has 1 atom stereocenters. The van der Waals surface area contributed by atoms with Gasteiger partial charge in [0.25, 0.3) is 0 Å². The third-order valence-electron chi connectivity index (χ3n) is 3.11. The fourth-order valence-electron chi connectivity index (χ4n) is 1.93. The van der Waals surface area contributed by atoms with Gasteiger partial charge in [-0.15, -0.1) is 0 Å². The van der Waals surface area contributed by atoms with Gasteiger partial charge in [0.2, 0.25) is 5.91 Å². The minimum Gasteiger partial charge on any atom is -0.350 e. The van der Waals surface area contributed by atoms with Gasteiger partial charge in [0, 0.05) is 10.9 Å². The van der Waals surface area contributed by atoms with Crippen molar-refractivity contribution in [3.8, 4) is 0 Å². The summed E-state index contributed by atoms with van der Waals surface area (Å²) >= 11 is 3.40. The van der Waals surface area contributed by atoms with Crippen LogP contribution in [0.25, 0.3) is 0 Å². The molecule has 0 saturated heterocycles. The molecule has 0 heterocycles. The maximum absolute atomic E-state index is 11.8. The van der Waals surface area contributed by atoms with E-state index in [1.165, 1.54) is 0 Å². The number of carbonyl (C=O) groups excluding carboxylic acids is 1. The topological polar surface area (TPSA) is 55.1 Å². The summed E-state index contributed by atoms with van der Waals surface area (Å²) in [5.41, 5.74) is 6.55. The van der Waals surface area contributed by atoms with E-state index in [4.69, 9.17) is 5.73 Å². The molecule has 0 fully saturated rings. The second-order valence-corrected chi connectivity index (χ2v) is 5.71. The minimum absolute atomic E-state index is 0.0599. The number of hydrogen-bond donors (Lipinski definition) is 2. The third kappa shape index (κ3) is 6.73. The Bertz CT molecular complexity index is 378. The lowest BCUT2D eigenvalue weighted by atomic mass is 10.1. The molecule has 1 rings (SSSR count). The van der Waals surface area contributed by atoms with Crippen LogP contribution in [0.2, 0.25) is 0 Å². The highest BCUT2D eigenvalue weighted by Gasteiger charge is 2.08. The van der Waals surface area contributed by atoms with Gasteiger partial charge in [-0.05, 0) is 44.0 Å². The molecule has 0 aliphatic rings. The highest BCUT2D eigenvalue weighted by molar-refractivity contribution is 9.10. The van der Waals surface area contributed by atoms with E-state index in [0.29, 0.717) is 6.42 Å². The van der Waals surface area contributed by atoms with E-state index in [1.807, 2.05) is 31.2 Å². The van der Waals surface area contributed by atoms with Gasteiger partial charge in [-0.25, -0.2) is 0 Å². The van der Waals surface area contributed by atoms with Crippen LogP contribution in [-0.4, -0.2) is 12.5 Å². The van der Waals surface area contributed by atoms with Crippen LogP contribution in [0.3, 0.4) is 0 Å². The summed E-state index contributed by atoms with van der Waals surface area (Å²) in [6, 6.07) is 8.09. The van der Waals surface area contributed by atoms with Gasteiger partial charge < -0.3 is 11.1 Å². The first-order valence-corrected chi connectivity index (χ1v) is 7.67. The highest BCUT2D eigenvalue weighted by atomic mass is 79.9. The molecule has 0 saturated carbocycles. The average Bonchev–Trinajstić information content (AvgIpc) is 2.39. The van der Waals surface area contributed by atoms with Crippen molar-refractivity contribution in [1.29, 1.82) is 0 Å². The lowest BCUT2D eigenvalue weighted by molar-refractivity contribution is -0.121. The molecule has 3 N–H and O–H groups in total. The van der Waals surface area contributed by atoms with Gasteiger partial charge in [-0.1, -0.05) is 40.9 Å². The molecule has 0 aliphatic carbocycles. The fraction of sp³-hybridized carbons (Fsp3) is 0.533. The van der Waals surface area contributed by atoms with Crippen LogP contribution in [0.15, 0.2) is 28.7 Å². The third-order valence-corrected chi connectivity index (χ3v) is 3.63. The maximum Gasteiger partial charge on any atom is 0.220 e. The predicted octanol–water partition coefficient (Wildman–Crippen LogP) is 3.54. The van der Waals surface area contributed by atoms with Crippen LogP contribution in [0, 0.1) is 0 Å². The van der Waals surface area contributed by atoms with Crippen LogP contribution >= 0.6 is 15.9 Å². The second kappa shape index (κ2) is 9.10. The van der Waals surface area contributed by atoms with Crippen molar-refractivity contribution in [3.63, 3.8) is 0 Å². The molecule has 1 aromatic rings. The first-order valence-electron chi connectivity index (χ1n) is 6.88. The Morgan fingerprint density at radius 2 is 1.84 bits per heavy atom. The molecule has 0 radical (unpaired) electrons. The van der Waals surface area contributed by atoms with E-state index < -0.39 is 0 Å². The van der Waals surface area contributed by atoms with E-state index >= 15 is 0 Å². The number of nitrogens with one attached hydrogen (secondary N) is 1. The van der Waals surface area contributed by atoms with E-state index in [0.717, 1.165) is 42.3 Å². The van der Waals surface area contributed by atoms with Gasteiger partial charge in [0.15, 0.2) is 0 Å². The number of carbonyl (C=O) groups is 1. The molecule has 4 heteroatoms. The van der Waals surface area contributed by atoms with Gasteiger partial charge in [-0.2, -0.15) is 0 Å². The normalized spacial score (nSPS) is 12.2. The van der Waals surface area contributed by atoms with E-state index in [1.54, 1.807) is 0 Å². The van der Waals surface area contributed by atoms with Crippen molar-refractivity contribution in [2.45, 2.75) is 45.1 Å². The molecule has 19 heavy (non-hydrogen) atoms. The Morgan fingerprint density at radius 3 is 2.47 bits per heavy atom. The quantitative estimate of drug-likeness (QED) is 0.718. The lowest BCUT2D eigenvalue weighted by Gasteiger charge is -2.14. The zero-order chi connectivity index (χ0) is 14.1. The minimum atomic E-state index is 0.0599. The smallest absolute Gasteiger partial charge is 0.220 e. The summed E-state index contributed by atoms with van der Waals surface area (Å²) in [6.07, 6.45) is 4.80. The molecule has 1 unspecified atom stereocenters. The first kappa shape index (κ1) is 16.2. The molecule has 1 amide bonds. The van der Waals surface area contributed by atoms with Crippen LogP contribution in [0.5, 0.6) is 0 Å². The van der Waals surface area contributed by atoms with Gasteiger partial charge in [-0.3, -0.25) is 4.79 Å². The monoisotopic (exact) mass is 326 g/mol. The number of nitrogens with two attached hydrogens (primary N) is 1. The van der Waals surface area contributed by atoms with E-state index in [2.05, 4.69) is 21.2 Å². The summed E-state index contributed by atoms with van der Waals surface area (Å²) in [6.45, 7) is 2.75. The summed E-state index contributed by atoms with van der Waals surface area (Å²) in [4.78, 5) is 11.8. The molecule has 0 aliphatic heterocycles. The van der Waals surface area contributed by atoms with E-state index in [9.17, 15) is 4.79 Å². The summed E-state index contributed by atoms with van der Waals surface area (Å²) < 4.78 is 1.05. The maximum atomic E-state index is 11.8. The average molecular weight is 327 g/mol. The van der Waals surface area contributed by atoms with Crippen LogP contribution < -0.4 is 11.1 Å². The number of rotatable bonds is 8. The standard InChI is InChI=1S/C15H23BrN2O/c1-12(13-7-9-14(16)10-8-13)18-15(19)6-4-2-3-5-11-17/h7-10,12H,2-6,11,17H2,1H3,(H,18,19). The zero-order valence-corrected chi connectivity index (χ0v) is 13.1. The Morgan fingerprint density at radius 1 is 1.21 bits per heavy atom. The fourth-order valence-corrected chi connectivity index (χ4v) is 2.20. The Kier molecular flexibility index (Phi) is 7.75. The van der Waals surface area contributed by atoms with Crippen molar-refractivity contribution >= 4 is 21.8 Å². The lowest BCUT2D eigenvalue weighted by Crippen LogP contribution is -2.26. The Hall–Kier alpha value is -0.870. The number of hydrogen-bond acceptors (Lipinski definition) is 2. The van der Waals surface area contributed by atoms with Crippen LogP contribution in [0.1, 0.15) is 50.6 Å².